The van der Waals surface area contributed by atoms with E-state index in [1.165, 1.54) is 17.0 Å². The lowest BCUT2D eigenvalue weighted by Gasteiger charge is -2.01. The van der Waals surface area contributed by atoms with Crippen molar-refractivity contribution in [1.29, 1.82) is 0 Å². The second-order valence-electron chi connectivity index (χ2n) is 3.72. The molecule has 3 rings (SSSR count). The van der Waals surface area contributed by atoms with E-state index in [1.54, 1.807) is 18.2 Å². The molecule has 2 heterocycles. The topological polar surface area (TPSA) is 94.0 Å². The highest BCUT2D eigenvalue weighted by Gasteiger charge is 2.15. The maximum atomic E-state index is 11.2. The molecule has 7 nitrogen and oxygen atoms in total. The fraction of sp³-hybridized carbons (Fsp3) is 0.0909. The number of carboxylic acid groups (broad SMARTS) is 1. The van der Waals surface area contributed by atoms with Crippen molar-refractivity contribution in [1.82, 2.24) is 20.2 Å². The molecule has 0 fully saturated rings. The van der Waals surface area contributed by atoms with Crippen LogP contribution in [0.1, 0.15) is 16.1 Å². The van der Waals surface area contributed by atoms with Gasteiger partial charge >= 0.3 is 5.97 Å². The highest BCUT2D eigenvalue weighted by Crippen LogP contribution is 2.17. The van der Waals surface area contributed by atoms with Crippen LogP contribution < -0.4 is 0 Å². The molecule has 0 radical (unpaired) electrons. The first-order valence-electron chi connectivity index (χ1n) is 5.20. The van der Waals surface area contributed by atoms with Crippen molar-refractivity contribution >= 4 is 17.0 Å². The fourth-order valence-corrected chi connectivity index (χ4v) is 1.79. The molecule has 2 aromatic heterocycles. The summed E-state index contributed by atoms with van der Waals surface area (Å²) in [6.07, 6.45) is 1.45. The van der Waals surface area contributed by atoms with Crippen LogP contribution in [0.3, 0.4) is 0 Å². The minimum atomic E-state index is -1.01. The molecule has 0 aliphatic heterocycles. The van der Waals surface area contributed by atoms with E-state index in [-0.39, 0.29) is 5.56 Å². The summed E-state index contributed by atoms with van der Waals surface area (Å²) in [7, 11) is 0. The van der Waals surface area contributed by atoms with E-state index in [9.17, 15) is 4.79 Å². The van der Waals surface area contributed by atoms with Gasteiger partial charge in [0.25, 0.3) is 0 Å². The molecule has 18 heavy (non-hydrogen) atoms. The van der Waals surface area contributed by atoms with Crippen LogP contribution in [0.15, 0.2) is 35.1 Å². The third-order valence-corrected chi connectivity index (χ3v) is 2.57. The lowest BCUT2D eigenvalue weighted by atomic mass is 10.2. The van der Waals surface area contributed by atoms with Crippen LogP contribution >= 0.6 is 0 Å². The SMILES string of the molecule is O=C(O)c1cccc2nnn(Cc3ccon3)c12. The Bertz CT molecular complexity index is 702. The Morgan fingerprint density at radius 1 is 1.39 bits per heavy atom. The van der Waals surface area contributed by atoms with Crippen molar-refractivity contribution in [3.05, 3.63) is 41.8 Å². The van der Waals surface area contributed by atoms with Crippen molar-refractivity contribution in [3.63, 3.8) is 0 Å². The molecular formula is C11H8N4O3. The number of aromatic nitrogens is 4. The van der Waals surface area contributed by atoms with Gasteiger partial charge in [0.05, 0.1) is 12.1 Å². The van der Waals surface area contributed by atoms with Crippen LogP contribution in [-0.2, 0) is 6.54 Å². The number of carboxylic acids is 1. The van der Waals surface area contributed by atoms with Crippen LogP contribution in [0.5, 0.6) is 0 Å². The third kappa shape index (κ3) is 1.61. The molecule has 0 unspecified atom stereocenters. The van der Waals surface area contributed by atoms with Gasteiger partial charge in [-0.1, -0.05) is 16.4 Å². The number of aromatic carboxylic acids is 1. The quantitative estimate of drug-likeness (QED) is 0.743. The largest absolute Gasteiger partial charge is 0.478 e. The number of fused-ring (bicyclic) bond motifs is 1. The predicted octanol–water partition coefficient (Wildman–Crippen LogP) is 1.17. The van der Waals surface area contributed by atoms with Gasteiger partial charge < -0.3 is 9.63 Å². The van der Waals surface area contributed by atoms with Crippen molar-refractivity contribution < 1.29 is 14.4 Å². The van der Waals surface area contributed by atoms with Gasteiger partial charge in [0, 0.05) is 6.07 Å². The normalized spacial score (nSPS) is 10.9. The molecule has 0 atom stereocenters. The highest BCUT2D eigenvalue weighted by atomic mass is 16.5. The van der Waals surface area contributed by atoms with Gasteiger partial charge in [-0.05, 0) is 12.1 Å². The number of hydrogen-bond donors (Lipinski definition) is 1. The fourth-order valence-electron chi connectivity index (χ4n) is 1.79. The molecule has 3 aromatic rings. The average Bonchev–Trinajstić information content (AvgIpc) is 2.99. The van der Waals surface area contributed by atoms with E-state index in [0.29, 0.717) is 23.3 Å². The summed E-state index contributed by atoms with van der Waals surface area (Å²) in [5.74, 6) is -1.01. The molecule has 0 bridgehead atoms. The Balaban J connectivity index is 2.15. The van der Waals surface area contributed by atoms with Crippen molar-refractivity contribution in [3.8, 4) is 0 Å². The molecule has 0 saturated carbocycles. The number of hydrogen-bond acceptors (Lipinski definition) is 5. The van der Waals surface area contributed by atoms with Gasteiger partial charge in [-0.25, -0.2) is 9.48 Å². The van der Waals surface area contributed by atoms with Crippen molar-refractivity contribution in [2.75, 3.05) is 0 Å². The van der Waals surface area contributed by atoms with Crippen molar-refractivity contribution in [2.24, 2.45) is 0 Å². The predicted molar refractivity (Wildman–Crippen MR) is 60.1 cm³/mol. The summed E-state index contributed by atoms with van der Waals surface area (Å²) in [4.78, 5) is 11.2. The Morgan fingerprint density at radius 3 is 3.00 bits per heavy atom. The minimum Gasteiger partial charge on any atom is -0.478 e. The zero-order valence-electron chi connectivity index (χ0n) is 9.15. The van der Waals surface area contributed by atoms with E-state index in [2.05, 4.69) is 15.5 Å². The number of para-hydroxylation sites is 1. The zero-order chi connectivity index (χ0) is 12.5. The van der Waals surface area contributed by atoms with Crippen LogP contribution in [0, 0.1) is 0 Å². The second kappa shape index (κ2) is 3.95. The molecule has 90 valence electrons. The molecule has 0 saturated heterocycles. The van der Waals surface area contributed by atoms with Gasteiger partial charge in [-0.15, -0.1) is 5.10 Å². The summed E-state index contributed by atoms with van der Waals surface area (Å²) in [6, 6.07) is 6.57. The number of rotatable bonds is 3. The first kappa shape index (κ1) is 10.5. The third-order valence-electron chi connectivity index (χ3n) is 2.57. The Morgan fingerprint density at radius 2 is 2.28 bits per heavy atom. The number of nitrogens with zero attached hydrogens (tertiary/aromatic N) is 4. The monoisotopic (exact) mass is 244 g/mol. The van der Waals surface area contributed by atoms with Gasteiger partial charge in [-0.2, -0.15) is 0 Å². The summed E-state index contributed by atoms with van der Waals surface area (Å²) in [5, 5.41) is 20.8. The van der Waals surface area contributed by atoms with E-state index in [4.69, 9.17) is 9.63 Å². The minimum absolute atomic E-state index is 0.168. The molecule has 0 aliphatic rings. The molecule has 1 aromatic carbocycles. The molecule has 0 spiro atoms. The summed E-state index contributed by atoms with van der Waals surface area (Å²) < 4.78 is 6.22. The summed E-state index contributed by atoms with van der Waals surface area (Å²) in [5.41, 5.74) is 1.84. The molecule has 0 aliphatic carbocycles. The van der Waals surface area contributed by atoms with Gasteiger partial charge in [-0.3, -0.25) is 0 Å². The van der Waals surface area contributed by atoms with Crippen LogP contribution in [0.25, 0.3) is 11.0 Å². The number of benzene rings is 1. The Kier molecular flexibility index (Phi) is 2.30. The summed E-state index contributed by atoms with van der Waals surface area (Å²) in [6.45, 7) is 0.317. The first-order chi connectivity index (χ1) is 8.75. The van der Waals surface area contributed by atoms with E-state index in [0.717, 1.165) is 0 Å². The van der Waals surface area contributed by atoms with E-state index in [1.807, 2.05) is 0 Å². The van der Waals surface area contributed by atoms with Crippen molar-refractivity contribution in [2.45, 2.75) is 6.54 Å². The molecule has 0 amide bonds. The first-order valence-corrected chi connectivity index (χ1v) is 5.20. The standard InChI is InChI=1S/C11H8N4O3/c16-11(17)8-2-1-3-9-10(8)15(14-12-9)6-7-4-5-18-13-7/h1-5H,6H2,(H,16,17). The van der Waals surface area contributed by atoms with E-state index < -0.39 is 5.97 Å². The molecule has 1 N–H and O–H groups in total. The lowest BCUT2D eigenvalue weighted by Crippen LogP contribution is -2.06. The maximum absolute atomic E-state index is 11.2. The average molecular weight is 244 g/mol. The van der Waals surface area contributed by atoms with Gasteiger partial charge in [0.2, 0.25) is 0 Å². The Hall–Kier alpha value is -2.70. The smallest absolute Gasteiger partial charge is 0.337 e. The Labute approximate surface area is 101 Å². The highest BCUT2D eigenvalue weighted by molar-refractivity contribution is 6.00. The molecular weight excluding hydrogens is 236 g/mol. The van der Waals surface area contributed by atoms with Crippen LogP contribution in [-0.4, -0.2) is 31.2 Å². The zero-order valence-corrected chi connectivity index (χ0v) is 9.15. The van der Waals surface area contributed by atoms with Gasteiger partial charge in [0.15, 0.2) is 0 Å². The number of carbonyl (C=O) groups is 1. The second-order valence-corrected chi connectivity index (χ2v) is 3.72. The van der Waals surface area contributed by atoms with E-state index >= 15 is 0 Å². The summed E-state index contributed by atoms with van der Waals surface area (Å²) >= 11 is 0. The van der Waals surface area contributed by atoms with Crippen LogP contribution in [0.2, 0.25) is 0 Å². The van der Waals surface area contributed by atoms with Gasteiger partial charge in [0.1, 0.15) is 23.0 Å². The lowest BCUT2D eigenvalue weighted by molar-refractivity contribution is 0.0698. The van der Waals surface area contributed by atoms with Crippen LogP contribution in [0.4, 0.5) is 0 Å². The molecule has 7 heteroatoms. The maximum Gasteiger partial charge on any atom is 0.337 e.